The molecule has 0 spiro atoms. The van der Waals surface area contributed by atoms with Gasteiger partial charge >= 0.3 is 12.1 Å². The van der Waals surface area contributed by atoms with Crippen molar-refractivity contribution in [2.24, 2.45) is 0 Å². The summed E-state index contributed by atoms with van der Waals surface area (Å²) in [7, 11) is 0. The maximum atomic E-state index is 12.9. The number of benzene rings is 3. The van der Waals surface area contributed by atoms with Gasteiger partial charge in [0.05, 0.1) is 12.0 Å². The van der Waals surface area contributed by atoms with Crippen LogP contribution < -0.4 is 5.32 Å². The van der Waals surface area contributed by atoms with Crippen LogP contribution in [0.5, 0.6) is 0 Å². The van der Waals surface area contributed by atoms with E-state index in [1.54, 1.807) is 49.4 Å². The zero-order valence-electron chi connectivity index (χ0n) is 16.0. The van der Waals surface area contributed by atoms with Gasteiger partial charge in [0.15, 0.2) is 0 Å². The summed E-state index contributed by atoms with van der Waals surface area (Å²) in [6.07, 6.45) is -4.61. The number of aliphatic carboxylic acids is 1. The molecule has 3 aromatic carbocycles. The van der Waals surface area contributed by atoms with E-state index in [1.807, 2.05) is 0 Å². The van der Waals surface area contributed by atoms with Crippen LogP contribution in [0.2, 0.25) is 0 Å². The fraction of sp³-hybridized carbons (Fsp3) is 0.130. The number of rotatable bonds is 5. The van der Waals surface area contributed by atoms with Gasteiger partial charge in [0.2, 0.25) is 0 Å². The number of amides is 1. The maximum absolute atomic E-state index is 12.9. The van der Waals surface area contributed by atoms with Crippen LogP contribution >= 0.6 is 0 Å². The molecule has 154 valence electrons. The molecule has 7 heteroatoms. The third kappa shape index (κ3) is 4.68. The Kier molecular flexibility index (Phi) is 5.91. The van der Waals surface area contributed by atoms with Crippen LogP contribution in [0.4, 0.5) is 18.9 Å². The maximum Gasteiger partial charge on any atom is 0.416 e. The minimum atomic E-state index is -4.44. The Morgan fingerprint density at radius 2 is 1.60 bits per heavy atom. The lowest BCUT2D eigenvalue weighted by Gasteiger charge is -2.14. The van der Waals surface area contributed by atoms with Crippen molar-refractivity contribution in [3.8, 4) is 11.1 Å². The van der Waals surface area contributed by atoms with E-state index in [-0.39, 0.29) is 6.42 Å². The van der Waals surface area contributed by atoms with Gasteiger partial charge in [0.25, 0.3) is 5.91 Å². The van der Waals surface area contributed by atoms with Crippen molar-refractivity contribution in [1.29, 1.82) is 0 Å². The molecule has 0 aliphatic heterocycles. The third-order valence-electron chi connectivity index (χ3n) is 4.73. The first-order chi connectivity index (χ1) is 14.2. The summed E-state index contributed by atoms with van der Waals surface area (Å²) in [5.74, 6) is -1.42. The largest absolute Gasteiger partial charge is 0.481 e. The molecule has 0 aromatic heterocycles. The molecule has 2 N–H and O–H groups in total. The van der Waals surface area contributed by atoms with E-state index in [0.717, 1.165) is 12.1 Å². The molecular formula is C23H18F3NO3. The first kappa shape index (κ1) is 21.1. The fourth-order valence-electron chi connectivity index (χ4n) is 3.13. The number of hydrogen-bond donors (Lipinski definition) is 2. The number of carbonyl (C=O) groups excluding carboxylic acids is 1. The number of hydrogen-bond acceptors (Lipinski definition) is 2. The summed E-state index contributed by atoms with van der Waals surface area (Å²) in [5.41, 5.74) is 2.19. The molecule has 0 aliphatic carbocycles. The molecule has 0 aliphatic rings. The number of carbonyl (C=O) groups is 2. The van der Waals surface area contributed by atoms with Crippen LogP contribution in [-0.4, -0.2) is 17.0 Å². The molecule has 0 saturated heterocycles. The fourth-order valence-corrected chi connectivity index (χ4v) is 3.13. The molecular weight excluding hydrogens is 395 g/mol. The summed E-state index contributed by atoms with van der Waals surface area (Å²) >= 11 is 0. The number of anilines is 1. The van der Waals surface area contributed by atoms with Gasteiger partial charge in [-0.3, -0.25) is 9.59 Å². The van der Waals surface area contributed by atoms with Crippen molar-refractivity contribution in [3.05, 3.63) is 89.0 Å². The standard InChI is InChI=1S/C23H18F3NO3/c1-14-16(13-21(28)29)5-4-8-20(14)27-22(30)19-7-3-2-6-18(19)15-9-11-17(12-10-15)23(24,25)26/h2-12H,13H2,1H3,(H,27,30)(H,28,29). The summed E-state index contributed by atoms with van der Waals surface area (Å²) < 4.78 is 38.5. The highest BCUT2D eigenvalue weighted by molar-refractivity contribution is 6.09. The van der Waals surface area contributed by atoms with Crippen molar-refractivity contribution < 1.29 is 27.9 Å². The van der Waals surface area contributed by atoms with Crippen molar-refractivity contribution >= 4 is 17.6 Å². The second kappa shape index (κ2) is 8.41. The molecule has 0 bridgehead atoms. The first-order valence-corrected chi connectivity index (χ1v) is 9.05. The molecule has 4 nitrogen and oxygen atoms in total. The first-order valence-electron chi connectivity index (χ1n) is 9.05. The van der Waals surface area contributed by atoms with Crippen molar-refractivity contribution in [1.82, 2.24) is 0 Å². The van der Waals surface area contributed by atoms with E-state index in [2.05, 4.69) is 5.32 Å². The molecule has 0 saturated carbocycles. The molecule has 1 amide bonds. The molecule has 0 atom stereocenters. The number of carboxylic acid groups (broad SMARTS) is 1. The van der Waals surface area contributed by atoms with Gasteiger partial charge in [-0.2, -0.15) is 13.2 Å². The van der Waals surface area contributed by atoms with E-state index in [1.165, 1.54) is 12.1 Å². The van der Waals surface area contributed by atoms with Crippen molar-refractivity contribution in [2.45, 2.75) is 19.5 Å². The lowest BCUT2D eigenvalue weighted by molar-refractivity contribution is -0.138. The predicted molar refractivity (Wildman–Crippen MR) is 107 cm³/mol. The van der Waals surface area contributed by atoms with E-state index in [4.69, 9.17) is 5.11 Å². The Labute approximate surface area is 171 Å². The summed E-state index contributed by atoms with van der Waals surface area (Å²) in [4.78, 5) is 23.9. The van der Waals surface area contributed by atoms with E-state index < -0.39 is 23.6 Å². The quantitative estimate of drug-likeness (QED) is 0.576. The van der Waals surface area contributed by atoms with Crippen molar-refractivity contribution in [3.63, 3.8) is 0 Å². The van der Waals surface area contributed by atoms with Gasteiger partial charge in [-0.15, -0.1) is 0 Å². The third-order valence-corrected chi connectivity index (χ3v) is 4.73. The van der Waals surface area contributed by atoms with Crippen LogP contribution in [-0.2, 0) is 17.4 Å². The predicted octanol–water partition coefficient (Wildman–Crippen LogP) is 5.56. The molecule has 0 fully saturated rings. The lowest BCUT2D eigenvalue weighted by Crippen LogP contribution is -2.15. The van der Waals surface area contributed by atoms with E-state index in [9.17, 15) is 22.8 Å². The average Bonchev–Trinajstić information content (AvgIpc) is 2.70. The number of nitrogens with one attached hydrogen (secondary N) is 1. The minimum absolute atomic E-state index is 0.169. The Bertz CT molecular complexity index is 1090. The Morgan fingerprint density at radius 1 is 0.933 bits per heavy atom. The number of carboxylic acids is 1. The van der Waals surface area contributed by atoms with Gasteiger partial charge < -0.3 is 10.4 Å². The highest BCUT2D eigenvalue weighted by Crippen LogP contribution is 2.32. The van der Waals surface area contributed by atoms with Crippen LogP contribution in [0.15, 0.2) is 66.7 Å². The Balaban J connectivity index is 1.91. The lowest BCUT2D eigenvalue weighted by atomic mass is 9.97. The highest BCUT2D eigenvalue weighted by atomic mass is 19.4. The summed E-state index contributed by atoms with van der Waals surface area (Å²) in [6, 6.07) is 16.2. The number of halogens is 3. The summed E-state index contributed by atoms with van der Waals surface area (Å²) in [5, 5.41) is 11.8. The van der Waals surface area contributed by atoms with Crippen LogP contribution in [0.25, 0.3) is 11.1 Å². The van der Waals surface area contributed by atoms with Gasteiger partial charge in [0, 0.05) is 11.3 Å². The zero-order valence-corrected chi connectivity index (χ0v) is 16.0. The zero-order chi connectivity index (χ0) is 21.9. The van der Waals surface area contributed by atoms with Crippen LogP contribution in [0.1, 0.15) is 27.0 Å². The number of alkyl halides is 3. The second-order valence-corrected chi connectivity index (χ2v) is 6.74. The van der Waals surface area contributed by atoms with Gasteiger partial charge in [0.1, 0.15) is 0 Å². The summed E-state index contributed by atoms with van der Waals surface area (Å²) in [6.45, 7) is 1.72. The molecule has 0 unspecified atom stereocenters. The Morgan fingerprint density at radius 3 is 2.23 bits per heavy atom. The normalized spacial score (nSPS) is 11.2. The molecule has 3 rings (SSSR count). The minimum Gasteiger partial charge on any atom is -0.481 e. The van der Waals surface area contributed by atoms with Crippen molar-refractivity contribution in [2.75, 3.05) is 5.32 Å². The SMILES string of the molecule is Cc1c(CC(=O)O)cccc1NC(=O)c1ccccc1-c1ccc(C(F)(F)F)cc1. The van der Waals surface area contributed by atoms with E-state index >= 15 is 0 Å². The van der Waals surface area contributed by atoms with Crippen LogP contribution in [0.3, 0.4) is 0 Å². The second-order valence-electron chi connectivity index (χ2n) is 6.74. The highest BCUT2D eigenvalue weighted by Gasteiger charge is 2.30. The molecule has 0 heterocycles. The van der Waals surface area contributed by atoms with Gasteiger partial charge in [-0.1, -0.05) is 42.5 Å². The monoisotopic (exact) mass is 413 g/mol. The van der Waals surface area contributed by atoms with Gasteiger partial charge in [-0.05, 0) is 53.4 Å². The van der Waals surface area contributed by atoms with E-state index in [0.29, 0.717) is 33.5 Å². The smallest absolute Gasteiger partial charge is 0.416 e. The Hall–Kier alpha value is -3.61. The average molecular weight is 413 g/mol. The molecule has 3 aromatic rings. The topological polar surface area (TPSA) is 66.4 Å². The van der Waals surface area contributed by atoms with Crippen LogP contribution in [0, 0.1) is 6.92 Å². The van der Waals surface area contributed by atoms with Gasteiger partial charge in [-0.25, -0.2) is 0 Å². The molecule has 0 radical (unpaired) electrons. The molecule has 30 heavy (non-hydrogen) atoms.